The van der Waals surface area contributed by atoms with E-state index in [0.29, 0.717) is 0 Å². The number of aliphatic hydroxyl groups is 1. The highest BCUT2D eigenvalue weighted by Crippen LogP contribution is 2.34. The molecule has 92 valence electrons. The molecule has 0 atom stereocenters. The molecule has 1 aliphatic rings. The molecule has 0 unspecified atom stereocenters. The maximum atomic E-state index is 10.1. The fourth-order valence-electron chi connectivity index (χ4n) is 1.95. The number of hydrogen-bond acceptors (Lipinski definition) is 4. The van der Waals surface area contributed by atoms with Gasteiger partial charge in [-0.25, -0.2) is 0 Å². The molecule has 0 aliphatic carbocycles. The minimum atomic E-state index is -0.947. The summed E-state index contributed by atoms with van der Waals surface area (Å²) < 4.78 is 16.1. The van der Waals surface area contributed by atoms with E-state index in [0.717, 1.165) is 11.3 Å². The van der Waals surface area contributed by atoms with Crippen LogP contribution in [0.3, 0.4) is 0 Å². The molecule has 1 N–H and O–H groups in total. The molecule has 0 fully saturated rings. The summed E-state index contributed by atoms with van der Waals surface area (Å²) in [5.74, 6) is 0.847. The molecule has 4 nitrogen and oxygen atoms in total. The standard InChI is InChI=1S/C13H16O4/c1-15-8-13(9-16-2)12(14)7-10-5-3-4-6-11(10)17-13/h3-7,14H,8-9H2,1-2H3. The third-order valence-electron chi connectivity index (χ3n) is 2.74. The van der Waals surface area contributed by atoms with Crippen molar-refractivity contribution in [3.05, 3.63) is 35.6 Å². The van der Waals surface area contributed by atoms with E-state index in [2.05, 4.69) is 0 Å². The molecule has 1 aromatic rings. The molecule has 0 saturated carbocycles. The molecule has 17 heavy (non-hydrogen) atoms. The molecule has 0 aromatic heterocycles. The van der Waals surface area contributed by atoms with Crippen molar-refractivity contribution in [2.24, 2.45) is 0 Å². The Morgan fingerprint density at radius 1 is 1.18 bits per heavy atom. The van der Waals surface area contributed by atoms with Crippen LogP contribution in [0.1, 0.15) is 5.56 Å². The predicted molar refractivity (Wildman–Crippen MR) is 64.2 cm³/mol. The Morgan fingerprint density at radius 2 is 1.82 bits per heavy atom. The second-order valence-corrected chi connectivity index (χ2v) is 4.03. The van der Waals surface area contributed by atoms with Gasteiger partial charge >= 0.3 is 0 Å². The Bertz CT molecular complexity index is 419. The topological polar surface area (TPSA) is 47.9 Å². The summed E-state index contributed by atoms with van der Waals surface area (Å²) >= 11 is 0. The van der Waals surface area contributed by atoms with E-state index in [1.54, 1.807) is 20.3 Å². The average molecular weight is 236 g/mol. The highest BCUT2D eigenvalue weighted by Gasteiger charge is 2.40. The van der Waals surface area contributed by atoms with Crippen LogP contribution in [0.25, 0.3) is 6.08 Å². The number of methoxy groups -OCH3 is 2. The maximum absolute atomic E-state index is 10.1. The van der Waals surface area contributed by atoms with E-state index in [1.807, 2.05) is 24.3 Å². The summed E-state index contributed by atoms with van der Waals surface area (Å²) in [4.78, 5) is 0. The molecule has 2 rings (SSSR count). The molecule has 0 radical (unpaired) electrons. The monoisotopic (exact) mass is 236 g/mol. The summed E-state index contributed by atoms with van der Waals surface area (Å²) in [6, 6.07) is 7.53. The molecular weight excluding hydrogens is 220 g/mol. The second kappa shape index (κ2) is 4.77. The lowest BCUT2D eigenvalue weighted by Crippen LogP contribution is -2.48. The van der Waals surface area contributed by atoms with E-state index < -0.39 is 5.60 Å². The lowest BCUT2D eigenvalue weighted by molar-refractivity contribution is -0.0573. The van der Waals surface area contributed by atoms with Crippen molar-refractivity contribution in [1.29, 1.82) is 0 Å². The number of benzene rings is 1. The largest absolute Gasteiger partial charge is 0.508 e. The molecule has 0 spiro atoms. The Balaban J connectivity index is 2.39. The van der Waals surface area contributed by atoms with Gasteiger partial charge in [0.1, 0.15) is 11.5 Å². The first kappa shape index (κ1) is 12.0. The van der Waals surface area contributed by atoms with Gasteiger partial charge in [0.15, 0.2) is 0 Å². The van der Waals surface area contributed by atoms with Crippen LogP contribution in [0.4, 0.5) is 0 Å². The van der Waals surface area contributed by atoms with Gasteiger partial charge in [0, 0.05) is 19.8 Å². The summed E-state index contributed by atoms with van der Waals surface area (Å²) in [6.45, 7) is 0.467. The number of ether oxygens (including phenoxy) is 3. The first-order valence-electron chi connectivity index (χ1n) is 5.39. The zero-order valence-electron chi connectivity index (χ0n) is 9.97. The average Bonchev–Trinajstić information content (AvgIpc) is 2.31. The SMILES string of the molecule is COCC1(COC)Oc2ccccc2C=C1O. The van der Waals surface area contributed by atoms with Gasteiger partial charge in [0.05, 0.1) is 13.2 Å². The Labute approximate surface area is 100 Å². The highest BCUT2D eigenvalue weighted by atomic mass is 16.6. The minimum Gasteiger partial charge on any atom is -0.508 e. The van der Waals surface area contributed by atoms with Gasteiger partial charge in [-0.05, 0) is 12.1 Å². The number of hydrogen-bond donors (Lipinski definition) is 1. The maximum Gasteiger partial charge on any atom is 0.211 e. The van der Waals surface area contributed by atoms with Gasteiger partial charge < -0.3 is 19.3 Å². The van der Waals surface area contributed by atoms with Crippen LogP contribution in [0, 0.1) is 0 Å². The molecule has 1 aliphatic heterocycles. The molecule has 0 bridgehead atoms. The summed E-state index contributed by atoms with van der Waals surface area (Å²) in [7, 11) is 3.13. The zero-order valence-corrected chi connectivity index (χ0v) is 9.97. The van der Waals surface area contributed by atoms with Crippen LogP contribution in [0.2, 0.25) is 0 Å². The zero-order chi connectivity index (χ0) is 12.3. The lowest BCUT2D eigenvalue weighted by atomic mass is 9.97. The minimum absolute atomic E-state index is 0.125. The molecule has 1 aromatic carbocycles. The van der Waals surface area contributed by atoms with Crippen LogP contribution >= 0.6 is 0 Å². The van der Waals surface area contributed by atoms with Gasteiger partial charge in [0.2, 0.25) is 5.60 Å². The van der Waals surface area contributed by atoms with E-state index in [4.69, 9.17) is 14.2 Å². The van der Waals surface area contributed by atoms with E-state index in [1.165, 1.54) is 0 Å². The van der Waals surface area contributed by atoms with Gasteiger partial charge in [-0.15, -0.1) is 0 Å². The Hall–Kier alpha value is -1.52. The number of fused-ring (bicyclic) bond motifs is 1. The van der Waals surface area contributed by atoms with Gasteiger partial charge in [-0.2, -0.15) is 0 Å². The summed E-state index contributed by atoms with van der Waals surface area (Å²) in [5, 5.41) is 10.1. The molecule has 1 heterocycles. The van der Waals surface area contributed by atoms with Crippen molar-refractivity contribution in [3.8, 4) is 5.75 Å². The van der Waals surface area contributed by atoms with E-state index in [9.17, 15) is 5.11 Å². The van der Waals surface area contributed by atoms with Gasteiger partial charge in [0.25, 0.3) is 0 Å². The number of aliphatic hydroxyl groups excluding tert-OH is 1. The Morgan fingerprint density at radius 3 is 2.47 bits per heavy atom. The molecule has 0 saturated heterocycles. The number of rotatable bonds is 4. The van der Waals surface area contributed by atoms with Crippen LogP contribution < -0.4 is 4.74 Å². The molecule has 0 amide bonds. The fraction of sp³-hybridized carbons (Fsp3) is 0.385. The van der Waals surface area contributed by atoms with Crippen molar-refractivity contribution in [2.45, 2.75) is 5.60 Å². The molecular formula is C13H16O4. The van der Waals surface area contributed by atoms with Crippen LogP contribution in [0.15, 0.2) is 30.0 Å². The van der Waals surface area contributed by atoms with E-state index >= 15 is 0 Å². The highest BCUT2D eigenvalue weighted by molar-refractivity contribution is 5.62. The third-order valence-corrected chi connectivity index (χ3v) is 2.74. The second-order valence-electron chi connectivity index (χ2n) is 4.03. The normalized spacial score (nSPS) is 16.9. The smallest absolute Gasteiger partial charge is 0.211 e. The first-order chi connectivity index (χ1) is 8.22. The van der Waals surface area contributed by atoms with Crippen molar-refractivity contribution in [1.82, 2.24) is 0 Å². The predicted octanol–water partition coefficient (Wildman–Crippen LogP) is 2.01. The lowest BCUT2D eigenvalue weighted by Gasteiger charge is -2.35. The van der Waals surface area contributed by atoms with Gasteiger partial charge in [-0.1, -0.05) is 18.2 Å². The van der Waals surface area contributed by atoms with Crippen molar-refractivity contribution < 1.29 is 19.3 Å². The molecule has 4 heteroatoms. The van der Waals surface area contributed by atoms with Gasteiger partial charge in [-0.3, -0.25) is 0 Å². The van der Waals surface area contributed by atoms with Crippen LogP contribution in [-0.2, 0) is 9.47 Å². The van der Waals surface area contributed by atoms with Crippen molar-refractivity contribution in [2.75, 3.05) is 27.4 Å². The summed E-state index contributed by atoms with van der Waals surface area (Å²) in [5.41, 5.74) is -0.0921. The van der Waals surface area contributed by atoms with Crippen molar-refractivity contribution in [3.63, 3.8) is 0 Å². The third kappa shape index (κ3) is 2.14. The number of para-hydroxylation sites is 1. The fourth-order valence-corrected chi connectivity index (χ4v) is 1.95. The Kier molecular flexibility index (Phi) is 3.36. The first-order valence-corrected chi connectivity index (χ1v) is 5.39. The van der Waals surface area contributed by atoms with E-state index in [-0.39, 0.29) is 19.0 Å². The van der Waals surface area contributed by atoms with Crippen molar-refractivity contribution >= 4 is 6.08 Å². The van der Waals surface area contributed by atoms with Crippen LogP contribution in [0.5, 0.6) is 5.75 Å². The quantitative estimate of drug-likeness (QED) is 0.868. The summed E-state index contributed by atoms with van der Waals surface area (Å²) in [6.07, 6.45) is 1.69. The van der Waals surface area contributed by atoms with Crippen LogP contribution in [-0.4, -0.2) is 38.1 Å².